The van der Waals surface area contributed by atoms with Crippen molar-refractivity contribution >= 4 is 22.8 Å². The normalized spacial score (nSPS) is 11.0. The maximum Gasteiger partial charge on any atom is 0.228 e. The van der Waals surface area contributed by atoms with E-state index in [-0.39, 0.29) is 11.8 Å². The molecule has 2 N–H and O–H groups in total. The van der Waals surface area contributed by atoms with Gasteiger partial charge in [0.05, 0.1) is 5.52 Å². The van der Waals surface area contributed by atoms with Gasteiger partial charge in [-0.15, -0.1) is 0 Å². The quantitative estimate of drug-likeness (QED) is 0.849. The summed E-state index contributed by atoms with van der Waals surface area (Å²) in [5.41, 5.74) is 1.58. The summed E-state index contributed by atoms with van der Waals surface area (Å²) in [6.07, 6.45) is 4.91. The summed E-state index contributed by atoms with van der Waals surface area (Å²) in [7, 11) is 0. The standard InChI is InChI=1S/C12H16N4O/c1-3-8(4-2)12(17)16-11-10-9(5-6-13-10)14-7-15-11/h5-8,13H,3-4H2,1-2H3,(H,14,15,16,17). The fraction of sp³-hybridized carbons (Fsp3) is 0.417. The van der Waals surface area contributed by atoms with Crippen LogP contribution in [0.5, 0.6) is 0 Å². The van der Waals surface area contributed by atoms with Gasteiger partial charge in [0.1, 0.15) is 11.8 Å². The maximum absolute atomic E-state index is 12.0. The minimum Gasteiger partial charge on any atom is -0.357 e. The topological polar surface area (TPSA) is 70.7 Å². The lowest BCUT2D eigenvalue weighted by Gasteiger charge is -2.12. The van der Waals surface area contributed by atoms with Gasteiger partial charge in [-0.2, -0.15) is 0 Å². The Balaban J connectivity index is 2.23. The third-order valence-corrected chi connectivity index (χ3v) is 2.94. The molecule has 0 saturated heterocycles. The van der Waals surface area contributed by atoms with Crippen LogP contribution in [0, 0.1) is 5.92 Å². The summed E-state index contributed by atoms with van der Waals surface area (Å²) in [5, 5.41) is 2.85. The molecule has 5 heteroatoms. The van der Waals surface area contributed by atoms with Gasteiger partial charge >= 0.3 is 0 Å². The largest absolute Gasteiger partial charge is 0.357 e. The van der Waals surface area contributed by atoms with Crippen LogP contribution in [0.1, 0.15) is 26.7 Å². The highest BCUT2D eigenvalue weighted by atomic mass is 16.1. The molecule has 0 aromatic carbocycles. The number of aromatic amines is 1. The Morgan fingerprint density at radius 2 is 2.18 bits per heavy atom. The van der Waals surface area contributed by atoms with Crippen molar-refractivity contribution in [3.05, 3.63) is 18.6 Å². The zero-order valence-electron chi connectivity index (χ0n) is 10.0. The molecule has 0 aliphatic heterocycles. The van der Waals surface area contributed by atoms with Gasteiger partial charge in [-0.05, 0) is 18.9 Å². The number of nitrogens with zero attached hydrogens (tertiary/aromatic N) is 2. The third-order valence-electron chi connectivity index (χ3n) is 2.94. The minimum atomic E-state index is 0.0181. The smallest absolute Gasteiger partial charge is 0.228 e. The average molecular weight is 232 g/mol. The number of anilines is 1. The number of rotatable bonds is 4. The first-order valence-corrected chi connectivity index (χ1v) is 5.85. The van der Waals surface area contributed by atoms with E-state index in [1.54, 1.807) is 6.20 Å². The van der Waals surface area contributed by atoms with Crippen molar-refractivity contribution in [2.75, 3.05) is 5.32 Å². The number of carbonyl (C=O) groups is 1. The predicted molar refractivity (Wildman–Crippen MR) is 66.6 cm³/mol. The van der Waals surface area contributed by atoms with Crippen molar-refractivity contribution in [3.8, 4) is 0 Å². The summed E-state index contributed by atoms with van der Waals surface area (Å²) < 4.78 is 0. The first-order chi connectivity index (χ1) is 8.26. The van der Waals surface area contributed by atoms with E-state index in [1.165, 1.54) is 6.33 Å². The molecular formula is C12H16N4O. The van der Waals surface area contributed by atoms with Crippen LogP contribution in [-0.4, -0.2) is 20.9 Å². The van der Waals surface area contributed by atoms with Crippen LogP contribution in [0.3, 0.4) is 0 Å². The monoisotopic (exact) mass is 232 g/mol. The van der Waals surface area contributed by atoms with Crippen LogP contribution in [0.15, 0.2) is 18.6 Å². The van der Waals surface area contributed by atoms with Gasteiger partial charge in [0.25, 0.3) is 0 Å². The Bertz CT molecular complexity index is 516. The molecule has 17 heavy (non-hydrogen) atoms. The molecule has 0 bridgehead atoms. The lowest BCUT2D eigenvalue weighted by Crippen LogP contribution is -2.22. The second kappa shape index (κ2) is 4.95. The molecule has 2 rings (SSSR count). The SMILES string of the molecule is CCC(CC)C(=O)Nc1ncnc2cc[nH]c12. The molecule has 0 saturated carbocycles. The Labute approximate surface area is 99.7 Å². The number of fused-ring (bicyclic) bond motifs is 1. The number of aromatic nitrogens is 3. The van der Waals surface area contributed by atoms with E-state index >= 15 is 0 Å². The van der Waals surface area contributed by atoms with E-state index in [2.05, 4.69) is 20.3 Å². The third kappa shape index (κ3) is 2.27. The molecule has 5 nitrogen and oxygen atoms in total. The Morgan fingerprint density at radius 1 is 1.41 bits per heavy atom. The number of nitrogens with one attached hydrogen (secondary N) is 2. The fourth-order valence-electron chi connectivity index (χ4n) is 1.84. The second-order valence-electron chi connectivity index (χ2n) is 3.96. The number of hydrogen-bond acceptors (Lipinski definition) is 3. The van der Waals surface area contributed by atoms with Crippen molar-refractivity contribution in [1.29, 1.82) is 0 Å². The van der Waals surface area contributed by atoms with Gasteiger partial charge in [0.15, 0.2) is 5.82 Å². The first-order valence-electron chi connectivity index (χ1n) is 5.85. The molecule has 2 aromatic heterocycles. The molecular weight excluding hydrogens is 216 g/mol. The Kier molecular flexibility index (Phi) is 3.37. The number of hydrogen-bond donors (Lipinski definition) is 2. The van der Waals surface area contributed by atoms with Crippen LogP contribution in [0.2, 0.25) is 0 Å². The van der Waals surface area contributed by atoms with Crippen LogP contribution < -0.4 is 5.32 Å². The van der Waals surface area contributed by atoms with Crippen molar-refractivity contribution in [1.82, 2.24) is 15.0 Å². The van der Waals surface area contributed by atoms with E-state index in [0.29, 0.717) is 5.82 Å². The molecule has 0 aliphatic rings. The van der Waals surface area contributed by atoms with E-state index in [1.807, 2.05) is 19.9 Å². The molecule has 0 atom stereocenters. The summed E-state index contributed by atoms with van der Waals surface area (Å²) >= 11 is 0. The van der Waals surface area contributed by atoms with Gasteiger partial charge in [-0.3, -0.25) is 4.79 Å². The molecule has 90 valence electrons. The van der Waals surface area contributed by atoms with Crippen LogP contribution in [-0.2, 0) is 4.79 Å². The van der Waals surface area contributed by atoms with Gasteiger partial charge in [0.2, 0.25) is 5.91 Å². The zero-order chi connectivity index (χ0) is 12.3. The Morgan fingerprint density at radius 3 is 2.88 bits per heavy atom. The average Bonchev–Trinajstić information content (AvgIpc) is 2.80. The van der Waals surface area contributed by atoms with E-state index in [4.69, 9.17) is 0 Å². The lowest BCUT2D eigenvalue weighted by molar-refractivity contribution is -0.120. The maximum atomic E-state index is 12.0. The van der Waals surface area contributed by atoms with Gasteiger partial charge in [-0.25, -0.2) is 9.97 Å². The van der Waals surface area contributed by atoms with Crippen molar-refractivity contribution in [2.45, 2.75) is 26.7 Å². The molecule has 0 radical (unpaired) electrons. The summed E-state index contributed by atoms with van der Waals surface area (Å²) in [4.78, 5) is 23.2. The molecule has 0 aliphatic carbocycles. The number of carbonyl (C=O) groups excluding carboxylic acids is 1. The zero-order valence-corrected chi connectivity index (χ0v) is 10.0. The lowest BCUT2D eigenvalue weighted by atomic mass is 10.0. The molecule has 0 unspecified atom stereocenters. The molecule has 1 amide bonds. The van der Waals surface area contributed by atoms with Crippen molar-refractivity contribution < 1.29 is 4.79 Å². The molecule has 0 fully saturated rings. The summed E-state index contributed by atoms with van der Waals surface area (Å²) in [5.74, 6) is 0.608. The van der Waals surface area contributed by atoms with Crippen LogP contribution in [0.4, 0.5) is 5.82 Å². The van der Waals surface area contributed by atoms with Crippen molar-refractivity contribution in [3.63, 3.8) is 0 Å². The molecule has 2 aromatic rings. The van der Waals surface area contributed by atoms with E-state index in [9.17, 15) is 4.79 Å². The minimum absolute atomic E-state index is 0.0181. The van der Waals surface area contributed by atoms with E-state index in [0.717, 1.165) is 23.9 Å². The van der Waals surface area contributed by atoms with Gasteiger partial charge < -0.3 is 10.3 Å². The highest BCUT2D eigenvalue weighted by Gasteiger charge is 2.16. The van der Waals surface area contributed by atoms with Crippen molar-refractivity contribution in [2.24, 2.45) is 5.92 Å². The first kappa shape index (κ1) is 11.6. The van der Waals surface area contributed by atoms with Gasteiger partial charge in [0, 0.05) is 12.1 Å². The van der Waals surface area contributed by atoms with Gasteiger partial charge in [-0.1, -0.05) is 13.8 Å². The highest BCUT2D eigenvalue weighted by Crippen LogP contribution is 2.18. The molecule has 0 spiro atoms. The van der Waals surface area contributed by atoms with Crippen LogP contribution >= 0.6 is 0 Å². The summed E-state index contributed by atoms with van der Waals surface area (Å²) in [6, 6.07) is 1.85. The number of H-pyrrole nitrogens is 1. The number of amides is 1. The fourth-order valence-corrected chi connectivity index (χ4v) is 1.84. The Hall–Kier alpha value is -1.91. The second-order valence-corrected chi connectivity index (χ2v) is 3.96. The predicted octanol–water partition coefficient (Wildman–Crippen LogP) is 2.33. The van der Waals surface area contributed by atoms with E-state index < -0.39 is 0 Å². The highest BCUT2D eigenvalue weighted by molar-refractivity contribution is 5.98. The summed E-state index contributed by atoms with van der Waals surface area (Å²) in [6.45, 7) is 4.02. The van der Waals surface area contributed by atoms with Crippen LogP contribution in [0.25, 0.3) is 11.0 Å². The molecule has 2 heterocycles.